The molecule has 0 atom stereocenters. The van der Waals surface area contributed by atoms with Crippen molar-refractivity contribution < 1.29 is 9.53 Å². The quantitative estimate of drug-likeness (QED) is 0.829. The number of anilines is 1. The highest BCUT2D eigenvalue weighted by Crippen LogP contribution is 2.16. The largest absolute Gasteiger partial charge is 0.444 e. The first-order valence-corrected chi connectivity index (χ1v) is 6.83. The summed E-state index contributed by atoms with van der Waals surface area (Å²) in [5.41, 5.74) is 8.36. The summed E-state index contributed by atoms with van der Waals surface area (Å²) in [5, 5.41) is 2.67. The van der Waals surface area contributed by atoms with Crippen LogP contribution in [0, 0.1) is 0 Å². The topological polar surface area (TPSA) is 64.3 Å². The van der Waals surface area contributed by atoms with Crippen LogP contribution in [-0.2, 0) is 11.2 Å². The third-order valence-corrected chi connectivity index (χ3v) is 2.62. The number of nitrogen functional groups attached to an aromatic ring is 1. The number of nitrogens with one attached hydrogen (secondary N) is 1. The Hall–Kier alpha value is -1.97. The van der Waals surface area contributed by atoms with Crippen LogP contribution >= 0.6 is 0 Å². The summed E-state index contributed by atoms with van der Waals surface area (Å²) in [6.45, 7) is 8.01. The molecule has 3 N–H and O–H groups in total. The van der Waals surface area contributed by atoms with Gasteiger partial charge in [-0.2, -0.15) is 0 Å². The van der Waals surface area contributed by atoms with Gasteiger partial charge in [-0.05, 0) is 50.5 Å². The first kappa shape index (κ1) is 16.1. The SMILES string of the molecule is CCc1ccc(N)c(C=CCNC(=O)OC(C)(C)C)c1. The molecule has 1 rings (SSSR count). The lowest BCUT2D eigenvalue weighted by Crippen LogP contribution is -2.32. The molecule has 0 heterocycles. The van der Waals surface area contributed by atoms with Crippen molar-refractivity contribution in [3.63, 3.8) is 0 Å². The Morgan fingerprint density at radius 1 is 1.40 bits per heavy atom. The average Bonchev–Trinajstić information content (AvgIpc) is 2.34. The minimum absolute atomic E-state index is 0.407. The van der Waals surface area contributed by atoms with Gasteiger partial charge in [0.25, 0.3) is 0 Å². The molecule has 110 valence electrons. The van der Waals surface area contributed by atoms with Gasteiger partial charge < -0.3 is 15.8 Å². The van der Waals surface area contributed by atoms with Crippen LogP contribution in [0.25, 0.3) is 6.08 Å². The standard InChI is InChI=1S/C16H24N2O2/c1-5-12-8-9-14(17)13(11-12)7-6-10-18-15(19)20-16(2,3)4/h6-9,11H,5,10,17H2,1-4H3,(H,18,19). The highest BCUT2D eigenvalue weighted by atomic mass is 16.6. The molecule has 4 nitrogen and oxygen atoms in total. The van der Waals surface area contributed by atoms with Gasteiger partial charge in [-0.15, -0.1) is 0 Å². The van der Waals surface area contributed by atoms with E-state index >= 15 is 0 Å². The van der Waals surface area contributed by atoms with E-state index in [4.69, 9.17) is 10.5 Å². The molecule has 0 unspecified atom stereocenters. The molecule has 4 heteroatoms. The average molecular weight is 276 g/mol. The number of aryl methyl sites for hydroxylation is 1. The van der Waals surface area contributed by atoms with Crippen LogP contribution in [-0.4, -0.2) is 18.2 Å². The fourth-order valence-electron chi connectivity index (χ4n) is 1.63. The van der Waals surface area contributed by atoms with E-state index in [-0.39, 0.29) is 0 Å². The van der Waals surface area contributed by atoms with Crippen LogP contribution in [0.4, 0.5) is 10.5 Å². The van der Waals surface area contributed by atoms with Crippen LogP contribution < -0.4 is 11.1 Å². The van der Waals surface area contributed by atoms with E-state index in [1.807, 2.05) is 45.1 Å². The van der Waals surface area contributed by atoms with E-state index in [9.17, 15) is 4.79 Å². The third-order valence-electron chi connectivity index (χ3n) is 2.62. The van der Waals surface area contributed by atoms with Crippen molar-refractivity contribution in [2.45, 2.75) is 39.7 Å². The zero-order chi connectivity index (χ0) is 15.2. The van der Waals surface area contributed by atoms with Crippen molar-refractivity contribution in [1.82, 2.24) is 5.32 Å². The van der Waals surface area contributed by atoms with Gasteiger partial charge in [-0.1, -0.05) is 25.1 Å². The Kier molecular flexibility index (Phi) is 5.62. The molecular formula is C16H24N2O2. The van der Waals surface area contributed by atoms with E-state index in [1.165, 1.54) is 5.56 Å². The number of amides is 1. The molecule has 0 aliphatic rings. The van der Waals surface area contributed by atoms with E-state index in [0.29, 0.717) is 6.54 Å². The Morgan fingerprint density at radius 3 is 2.70 bits per heavy atom. The molecule has 1 aromatic carbocycles. The second kappa shape index (κ2) is 6.98. The van der Waals surface area contributed by atoms with E-state index in [2.05, 4.69) is 18.3 Å². The smallest absolute Gasteiger partial charge is 0.407 e. The Morgan fingerprint density at radius 2 is 2.10 bits per heavy atom. The molecule has 0 bridgehead atoms. The number of hydrogen-bond donors (Lipinski definition) is 2. The zero-order valence-electron chi connectivity index (χ0n) is 12.7. The van der Waals surface area contributed by atoms with Crippen LogP contribution in [0.2, 0.25) is 0 Å². The number of nitrogens with two attached hydrogens (primary N) is 1. The normalized spacial score (nSPS) is 11.6. The molecule has 0 aliphatic heterocycles. The van der Waals surface area contributed by atoms with Crippen molar-refractivity contribution in [1.29, 1.82) is 0 Å². The van der Waals surface area contributed by atoms with E-state index in [0.717, 1.165) is 17.7 Å². The van der Waals surface area contributed by atoms with Gasteiger partial charge >= 0.3 is 6.09 Å². The Bertz CT molecular complexity index is 488. The van der Waals surface area contributed by atoms with Crippen LogP contribution in [0.1, 0.15) is 38.8 Å². The summed E-state index contributed by atoms with van der Waals surface area (Å²) in [6, 6.07) is 5.98. The number of rotatable bonds is 4. The molecule has 0 saturated carbocycles. The summed E-state index contributed by atoms with van der Waals surface area (Å²) in [4.78, 5) is 11.4. The highest BCUT2D eigenvalue weighted by Gasteiger charge is 2.14. The molecule has 20 heavy (non-hydrogen) atoms. The minimum Gasteiger partial charge on any atom is -0.444 e. The molecule has 0 radical (unpaired) electrons. The molecule has 0 spiro atoms. The van der Waals surface area contributed by atoms with Gasteiger partial charge in [-0.3, -0.25) is 0 Å². The van der Waals surface area contributed by atoms with Crippen LogP contribution in [0.5, 0.6) is 0 Å². The summed E-state index contributed by atoms with van der Waals surface area (Å²) in [7, 11) is 0. The van der Waals surface area contributed by atoms with Crippen molar-refractivity contribution in [3.8, 4) is 0 Å². The lowest BCUT2D eigenvalue weighted by molar-refractivity contribution is 0.0534. The van der Waals surface area contributed by atoms with Crippen molar-refractivity contribution in [2.24, 2.45) is 0 Å². The molecule has 0 aliphatic carbocycles. The number of benzene rings is 1. The lowest BCUT2D eigenvalue weighted by Gasteiger charge is -2.19. The predicted molar refractivity (Wildman–Crippen MR) is 83.5 cm³/mol. The minimum atomic E-state index is -0.478. The maximum Gasteiger partial charge on any atom is 0.407 e. The summed E-state index contributed by atoms with van der Waals surface area (Å²) >= 11 is 0. The number of ether oxygens (including phenoxy) is 1. The van der Waals surface area contributed by atoms with E-state index < -0.39 is 11.7 Å². The number of carbonyl (C=O) groups is 1. The van der Waals surface area contributed by atoms with Crippen molar-refractivity contribution in [2.75, 3.05) is 12.3 Å². The molecule has 1 aromatic rings. The maximum atomic E-state index is 11.4. The fraction of sp³-hybridized carbons (Fsp3) is 0.438. The first-order valence-electron chi connectivity index (χ1n) is 6.83. The van der Waals surface area contributed by atoms with Crippen molar-refractivity contribution in [3.05, 3.63) is 35.4 Å². The molecule has 0 aromatic heterocycles. The Balaban J connectivity index is 2.51. The zero-order valence-corrected chi connectivity index (χ0v) is 12.7. The van der Waals surface area contributed by atoms with Gasteiger partial charge in [-0.25, -0.2) is 4.79 Å². The molecule has 0 saturated heterocycles. The van der Waals surface area contributed by atoms with Gasteiger partial charge in [0.05, 0.1) is 0 Å². The van der Waals surface area contributed by atoms with E-state index in [1.54, 1.807) is 0 Å². The number of alkyl carbamates (subject to hydrolysis) is 1. The lowest BCUT2D eigenvalue weighted by atomic mass is 10.1. The second-order valence-corrected chi connectivity index (χ2v) is 5.60. The second-order valence-electron chi connectivity index (χ2n) is 5.60. The van der Waals surface area contributed by atoms with Crippen molar-refractivity contribution >= 4 is 17.9 Å². The molecular weight excluding hydrogens is 252 g/mol. The van der Waals surface area contributed by atoms with Crippen LogP contribution in [0.15, 0.2) is 24.3 Å². The predicted octanol–water partition coefficient (Wildman–Crippen LogP) is 3.37. The fourth-order valence-corrected chi connectivity index (χ4v) is 1.63. The monoisotopic (exact) mass is 276 g/mol. The van der Waals surface area contributed by atoms with Gasteiger partial charge in [0.2, 0.25) is 0 Å². The summed E-state index contributed by atoms with van der Waals surface area (Å²) in [5.74, 6) is 0. The van der Waals surface area contributed by atoms with Gasteiger partial charge in [0, 0.05) is 12.2 Å². The number of hydrogen-bond acceptors (Lipinski definition) is 3. The van der Waals surface area contributed by atoms with Gasteiger partial charge in [0.1, 0.15) is 5.60 Å². The third kappa shape index (κ3) is 5.78. The summed E-state index contributed by atoms with van der Waals surface area (Å²) in [6.07, 6.45) is 4.32. The Labute approximate surface area is 121 Å². The van der Waals surface area contributed by atoms with Gasteiger partial charge in [0.15, 0.2) is 0 Å². The highest BCUT2D eigenvalue weighted by molar-refractivity contribution is 5.69. The number of carbonyl (C=O) groups excluding carboxylic acids is 1. The summed E-state index contributed by atoms with van der Waals surface area (Å²) < 4.78 is 5.14. The first-order chi connectivity index (χ1) is 9.31. The van der Waals surface area contributed by atoms with Crippen LogP contribution in [0.3, 0.4) is 0 Å². The molecule has 0 fully saturated rings. The maximum absolute atomic E-state index is 11.4. The molecule has 1 amide bonds.